The number of para-hydroxylation sites is 1. The summed E-state index contributed by atoms with van der Waals surface area (Å²) in [6, 6.07) is 7.85. The largest absolute Gasteiger partial charge is 0.370 e. The third-order valence-corrected chi connectivity index (χ3v) is 12.7. The van der Waals surface area contributed by atoms with Crippen LogP contribution < -0.4 is 59.7 Å². The molecule has 24 nitrogen and oxygen atoms in total. The molecule has 4 rings (SSSR count). The lowest BCUT2D eigenvalue weighted by Crippen LogP contribution is -2.60. The predicted octanol–water partition coefficient (Wildman–Crippen LogP) is -1.18. The number of thiol groups is 2. The summed E-state index contributed by atoms with van der Waals surface area (Å²) < 4.78 is 0. The number of amides is 9. The molecule has 2 heterocycles. The molecule has 0 unspecified atom stereocenters. The quantitative estimate of drug-likeness (QED) is 0.0116. The van der Waals surface area contributed by atoms with E-state index in [0.717, 1.165) is 17.3 Å². The van der Waals surface area contributed by atoms with Crippen molar-refractivity contribution in [2.75, 3.05) is 24.6 Å². The molecule has 2 aromatic carbocycles. The van der Waals surface area contributed by atoms with E-state index in [4.69, 9.17) is 17.2 Å². The fraction of sp³-hybridized carbons (Fsp3) is 0.460. The van der Waals surface area contributed by atoms with Crippen molar-refractivity contribution in [1.82, 2.24) is 57.5 Å². The highest BCUT2D eigenvalue weighted by atomic mass is 32.1. The van der Waals surface area contributed by atoms with Gasteiger partial charge in [-0.3, -0.25) is 48.1 Å². The van der Waals surface area contributed by atoms with Crippen LogP contribution in [0.15, 0.2) is 78.3 Å². The number of imidazole rings is 1. The van der Waals surface area contributed by atoms with Crippen LogP contribution in [0.4, 0.5) is 0 Å². The van der Waals surface area contributed by atoms with Crippen LogP contribution >= 0.6 is 25.3 Å². The number of carbonyl (C=O) groups is 9. The Morgan fingerprint density at radius 2 is 1.18 bits per heavy atom. The van der Waals surface area contributed by atoms with Crippen molar-refractivity contribution in [3.05, 3.63) is 90.1 Å². The molecule has 0 saturated heterocycles. The van der Waals surface area contributed by atoms with Gasteiger partial charge >= 0.3 is 0 Å². The van der Waals surface area contributed by atoms with Gasteiger partial charge in [-0.1, -0.05) is 68.3 Å². The van der Waals surface area contributed by atoms with E-state index in [2.05, 4.69) is 87.7 Å². The second kappa shape index (κ2) is 32.0. The number of nitrogens with zero attached hydrogens (tertiary/aromatic N) is 2. The van der Waals surface area contributed by atoms with Crippen LogP contribution in [0.25, 0.3) is 10.9 Å². The fourth-order valence-electron chi connectivity index (χ4n) is 7.92. The summed E-state index contributed by atoms with van der Waals surface area (Å²) >= 11 is 8.37. The average Bonchev–Trinajstić information content (AvgIpc) is 4.07. The molecule has 412 valence electrons. The second-order valence-electron chi connectivity index (χ2n) is 18.0. The SMILES string of the molecule is CCCC[C@H](NC(C)=O)C(=O)N[C@H](CS)C(=O)NCCCC(=O)N[C@@H](Cc1cnc[nH]1)C(=O)N[C@H](Cc1ccccc1)C(=O)N[C@@H](CCCN=C(N)N)C(=O)N[C@@H](Cc1c[nH]c2ccccc12)C(=O)N[C@@H](CS)C(N)=O. The topological polar surface area (TPSA) is 385 Å². The number of rotatable bonds is 33. The number of hydrogen-bond acceptors (Lipinski definition) is 13. The first-order valence-corrected chi connectivity index (χ1v) is 26.2. The molecule has 76 heavy (non-hydrogen) atoms. The van der Waals surface area contributed by atoms with Crippen LogP contribution in [0.5, 0.6) is 0 Å². The molecule has 0 saturated carbocycles. The minimum absolute atomic E-state index is 0.0206. The molecule has 0 aliphatic heterocycles. The van der Waals surface area contributed by atoms with E-state index in [-0.39, 0.29) is 81.4 Å². The highest BCUT2D eigenvalue weighted by molar-refractivity contribution is 7.80. The molecule has 0 fully saturated rings. The molecule has 7 atom stereocenters. The van der Waals surface area contributed by atoms with E-state index in [9.17, 15) is 43.2 Å². The highest BCUT2D eigenvalue weighted by Crippen LogP contribution is 2.20. The summed E-state index contributed by atoms with van der Waals surface area (Å²) in [5.74, 6) is -6.29. The highest BCUT2D eigenvalue weighted by Gasteiger charge is 2.33. The summed E-state index contributed by atoms with van der Waals surface area (Å²) in [4.78, 5) is 135. The van der Waals surface area contributed by atoms with E-state index >= 15 is 0 Å². The third-order valence-electron chi connectivity index (χ3n) is 11.9. The number of hydrogen-bond donors (Lipinski definition) is 15. The molecule has 0 aliphatic rings. The van der Waals surface area contributed by atoms with E-state index < -0.39 is 89.6 Å². The van der Waals surface area contributed by atoms with Crippen molar-refractivity contribution < 1.29 is 43.2 Å². The zero-order valence-electron chi connectivity index (χ0n) is 42.6. The van der Waals surface area contributed by atoms with Crippen molar-refractivity contribution in [2.45, 2.75) is 120 Å². The number of unbranched alkanes of at least 4 members (excludes halogenated alkanes) is 1. The number of nitrogens with two attached hydrogens (primary N) is 3. The van der Waals surface area contributed by atoms with Crippen molar-refractivity contribution in [3.8, 4) is 0 Å². The Bertz CT molecular complexity index is 2600. The Morgan fingerprint density at radius 1 is 0.618 bits per heavy atom. The van der Waals surface area contributed by atoms with Crippen LogP contribution in [0, 0.1) is 0 Å². The van der Waals surface area contributed by atoms with Gasteiger partial charge in [0.15, 0.2) is 5.96 Å². The summed E-state index contributed by atoms with van der Waals surface area (Å²) in [5, 5.41) is 22.3. The van der Waals surface area contributed by atoms with Crippen molar-refractivity contribution in [3.63, 3.8) is 0 Å². The van der Waals surface area contributed by atoms with Gasteiger partial charge in [-0.25, -0.2) is 4.98 Å². The van der Waals surface area contributed by atoms with Gasteiger partial charge in [0.1, 0.15) is 42.3 Å². The van der Waals surface area contributed by atoms with Gasteiger partial charge in [0.25, 0.3) is 0 Å². The smallest absolute Gasteiger partial charge is 0.243 e. The minimum Gasteiger partial charge on any atom is -0.370 e. The van der Waals surface area contributed by atoms with Gasteiger partial charge in [-0.05, 0) is 42.9 Å². The number of H-pyrrole nitrogens is 2. The molecule has 26 heteroatoms. The lowest BCUT2D eigenvalue weighted by Gasteiger charge is -2.27. The molecule has 9 amide bonds. The molecule has 2 aromatic heterocycles. The number of aromatic nitrogens is 3. The Labute approximate surface area is 451 Å². The number of aromatic amines is 2. The molecule has 0 radical (unpaired) electrons. The van der Waals surface area contributed by atoms with Gasteiger partial charge in [0.2, 0.25) is 53.2 Å². The first kappa shape index (κ1) is 60.9. The van der Waals surface area contributed by atoms with E-state index in [1.807, 2.05) is 31.2 Å². The zero-order chi connectivity index (χ0) is 55.6. The molecule has 0 bridgehead atoms. The lowest BCUT2D eigenvalue weighted by atomic mass is 10.0. The van der Waals surface area contributed by atoms with Crippen molar-refractivity contribution in [2.24, 2.45) is 22.2 Å². The fourth-order valence-corrected chi connectivity index (χ4v) is 8.45. The molecular formula is C50H71N15O9S2. The number of benzene rings is 2. The lowest BCUT2D eigenvalue weighted by molar-refractivity contribution is -0.135. The van der Waals surface area contributed by atoms with Crippen LogP contribution in [0.2, 0.25) is 0 Å². The summed E-state index contributed by atoms with van der Waals surface area (Å²) in [7, 11) is 0. The van der Waals surface area contributed by atoms with Crippen molar-refractivity contribution in [1.29, 1.82) is 0 Å². The number of nitrogens with one attached hydrogen (secondary N) is 10. The average molecular weight is 1090 g/mol. The normalized spacial score (nSPS) is 13.7. The third kappa shape index (κ3) is 20.6. The summed E-state index contributed by atoms with van der Waals surface area (Å²) in [6.45, 7) is 3.34. The Morgan fingerprint density at radius 3 is 1.79 bits per heavy atom. The first-order valence-electron chi connectivity index (χ1n) is 24.9. The number of aliphatic imine (C=N–C) groups is 1. The molecular weight excluding hydrogens is 1020 g/mol. The summed E-state index contributed by atoms with van der Waals surface area (Å²) in [6.07, 6.45) is 6.37. The Hall–Kier alpha value is -7.61. The van der Waals surface area contributed by atoms with Crippen LogP contribution in [0.3, 0.4) is 0 Å². The Kier molecular flexibility index (Phi) is 25.6. The number of fused-ring (bicyclic) bond motifs is 1. The van der Waals surface area contributed by atoms with Crippen LogP contribution in [-0.2, 0) is 62.4 Å². The first-order chi connectivity index (χ1) is 36.4. The maximum atomic E-state index is 14.6. The molecule has 4 aromatic rings. The minimum atomic E-state index is -1.34. The van der Waals surface area contributed by atoms with Gasteiger partial charge in [-0.15, -0.1) is 0 Å². The molecule has 0 spiro atoms. The van der Waals surface area contributed by atoms with Gasteiger partial charge in [0, 0.05) is 86.2 Å². The zero-order valence-corrected chi connectivity index (χ0v) is 44.4. The molecule has 16 N–H and O–H groups in total. The number of carbonyl (C=O) groups excluding carboxylic acids is 9. The van der Waals surface area contributed by atoms with Crippen LogP contribution in [0.1, 0.15) is 75.6 Å². The number of primary amides is 1. The number of guanidine groups is 1. The predicted molar refractivity (Wildman–Crippen MR) is 292 cm³/mol. The van der Waals surface area contributed by atoms with E-state index in [1.54, 1.807) is 36.5 Å². The maximum absolute atomic E-state index is 14.6. The monoisotopic (exact) mass is 1090 g/mol. The van der Waals surface area contributed by atoms with E-state index in [0.29, 0.717) is 29.7 Å². The Balaban J connectivity index is 1.53. The van der Waals surface area contributed by atoms with Gasteiger partial charge in [-0.2, -0.15) is 25.3 Å². The van der Waals surface area contributed by atoms with Gasteiger partial charge in [0.05, 0.1) is 6.33 Å². The summed E-state index contributed by atoms with van der Waals surface area (Å²) in [5.41, 5.74) is 19.2. The second-order valence-corrected chi connectivity index (χ2v) is 18.7. The van der Waals surface area contributed by atoms with E-state index in [1.165, 1.54) is 19.4 Å². The van der Waals surface area contributed by atoms with Crippen LogP contribution in [-0.4, -0.2) is 141 Å². The maximum Gasteiger partial charge on any atom is 0.243 e. The standard InChI is InChI=1S/C50H71N15O9S2/c1-3-4-15-35(59-29(2)66)45(70)65-41(27-76)44(69)55-19-11-18-42(67)60-39(23-32-25-54-28-58-32)49(74)62-37(21-30-12-6-5-7-13-30)47(72)61-36(17-10-20-56-50(52)53)46(71)63-38(48(73)64-40(26-75)43(51)68)22-31-24-57-34-16-9-8-14-33(31)34/h5-9,12-14,16,24-25,28,35-41,57,75-76H,3-4,10-11,15,17-23,26-27H2,1-2H3,(H2,51,68)(H,54,58)(H,55,69)(H,59,66)(H,60,67)(H,61,72)(H,62,74)(H,63,71)(H,64,73)(H,65,70)(H4,52,53,56)/t35-,36-,37+,38-,39-,40-,41+/m0/s1. The van der Waals surface area contributed by atoms with Gasteiger partial charge < -0.3 is 69.7 Å². The van der Waals surface area contributed by atoms with Crippen molar-refractivity contribution >= 4 is 95.3 Å². The molecule has 0 aliphatic carbocycles.